The van der Waals surface area contributed by atoms with E-state index in [0.717, 1.165) is 22.4 Å². The number of aromatic nitrogens is 1. The van der Waals surface area contributed by atoms with Crippen molar-refractivity contribution < 1.29 is 9.52 Å². The summed E-state index contributed by atoms with van der Waals surface area (Å²) in [5.74, 6) is 0.900. The Hall–Kier alpha value is -2.49. The molecule has 96 valence electrons. The molecule has 4 nitrogen and oxygen atoms in total. The molecular formula is C15H14N2O2. The van der Waals surface area contributed by atoms with E-state index in [9.17, 15) is 5.11 Å². The normalized spacial score (nSPS) is 10.8. The van der Waals surface area contributed by atoms with Crippen molar-refractivity contribution >= 4 is 16.8 Å². The first-order valence-corrected chi connectivity index (χ1v) is 6.10. The number of nitrogens with zero attached hydrogens (tertiary/aromatic N) is 1. The summed E-state index contributed by atoms with van der Waals surface area (Å²) >= 11 is 0. The number of fused-ring (bicyclic) bond motifs is 1. The molecule has 2 aromatic carbocycles. The van der Waals surface area contributed by atoms with Crippen molar-refractivity contribution in [2.24, 2.45) is 0 Å². The molecule has 0 aliphatic carbocycles. The number of aromatic hydroxyl groups is 1. The second kappa shape index (κ2) is 4.65. The lowest BCUT2D eigenvalue weighted by molar-refractivity contribution is 0.475. The highest BCUT2D eigenvalue weighted by molar-refractivity contribution is 5.73. The van der Waals surface area contributed by atoms with Crippen molar-refractivity contribution in [1.29, 1.82) is 0 Å². The number of benzene rings is 2. The van der Waals surface area contributed by atoms with E-state index in [1.54, 1.807) is 12.1 Å². The number of aryl methyl sites for hydroxylation is 1. The van der Waals surface area contributed by atoms with Crippen LogP contribution in [0.4, 0.5) is 5.69 Å². The van der Waals surface area contributed by atoms with Gasteiger partial charge >= 0.3 is 0 Å². The fourth-order valence-corrected chi connectivity index (χ4v) is 1.91. The van der Waals surface area contributed by atoms with Crippen molar-refractivity contribution in [2.75, 3.05) is 5.32 Å². The Morgan fingerprint density at radius 1 is 1.16 bits per heavy atom. The molecule has 4 heteroatoms. The van der Waals surface area contributed by atoms with Gasteiger partial charge in [-0.15, -0.1) is 0 Å². The molecule has 1 aromatic heterocycles. The largest absolute Gasteiger partial charge is 0.508 e. The number of hydrogen-bond acceptors (Lipinski definition) is 4. The van der Waals surface area contributed by atoms with E-state index in [1.165, 1.54) is 0 Å². The second-order valence-corrected chi connectivity index (χ2v) is 4.48. The average Bonchev–Trinajstić information content (AvgIpc) is 2.80. The van der Waals surface area contributed by atoms with Crippen molar-refractivity contribution in [3.8, 4) is 5.75 Å². The van der Waals surface area contributed by atoms with Crippen LogP contribution in [0.1, 0.15) is 11.5 Å². The van der Waals surface area contributed by atoms with Gasteiger partial charge in [0.15, 0.2) is 5.58 Å². The third-order valence-electron chi connectivity index (χ3n) is 2.90. The van der Waals surface area contributed by atoms with E-state index in [1.807, 2.05) is 37.3 Å². The lowest BCUT2D eigenvalue weighted by atomic mass is 10.2. The zero-order valence-corrected chi connectivity index (χ0v) is 10.6. The number of oxazole rings is 1. The first-order valence-electron chi connectivity index (χ1n) is 6.10. The average molecular weight is 254 g/mol. The summed E-state index contributed by atoms with van der Waals surface area (Å²) in [6.45, 7) is 2.54. The molecule has 0 atom stereocenters. The fourth-order valence-electron chi connectivity index (χ4n) is 1.91. The molecule has 3 rings (SSSR count). The fraction of sp³-hybridized carbons (Fsp3) is 0.133. The first kappa shape index (κ1) is 11.6. The number of rotatable bonds is 3. The maximum absolute atomic E-state index is 9.20. The van der Waals surface area contributed by atoms with Crippen LogP contribution in [0.5, 0.6) is 5.75 Å². The van der Waals surface area contributed by atoms with Crippen LogP contribution in [-0.4, -0.2) is 10.1 Å². The van der Waals surface area contributed by atoms with E-state index < -0.39 is 0 Å². The van der Waals surface area contributed by atoms with Crippen molar-refractivity contribution in [3.63, 3.8) is 0 Å². The molecule has 2 N–H and O–H groups in total. The third kappa shape index (κ3) is 2.52. The Bertz CT molecular complexity index is 702. The van der Waals surface area contributed by atoms with Crippen LogP contribution in [0.2, 0.25) is 0 Å². The zero-order chi connectivity index (χ0) is 13.2. The van der Waals surface area contributed by atoms with Crippen molar-refractivity contribution in [1.82, 2.24) is 4.98 Å². The predicted molar refractivity (Wildman–Crippen MR) is 74.2 cm³/mol. The number of anilines is 1. The Morgan fingerprint density at radius 2 is 1.95 bits per heavy atom. The summed E-state index contributed by atoms with van der Waals surface area (Å²) < 4.78 is 5.67. The van der Waals surface area contributed by atoms with Gasteiger partial charge in [0.1, 0.15) is 11.3 Å². The van der Waals surface area contributed by atoms with E-state index >= 15 is 0 Å². The van der Waals surface area contributed by atoms with Crippen LogP contribution < -0.4 is 5.32 Å². The Balaban J connectivity index is 1.76. The summed E-state index contributed by atoms with van der Waals surface area (Å²) in [7, 11) is 0. The van der Waals surface area contributed by atoms with Gasteiger partial charge in [-0.25, -0.2) is 4.98 Å². The second-order valence-electron chi connectivity index (χ2n) is 4.48. The van der Waals surface area contributed by atoms with Crippen LogP contribution in [0.25, 0.3) is 11.1 Å². The van der Waals surface area contributed by atoms with Gasteiger partial charge in [0.2, 0.25) is 5.89 Å². The number of phenols is 1. The maximum atomic E-state index is 9.20. The van der Waals surface area contributed by atoms with Gasteiger partial charge in [-0.2, -0.15) is 0 Å². The molecule has 0 aliphatic rings. The zero-order valence-electron chi connectivity index (χ0n) is 10.6. The highest BCUT2D eigenvalue weighted by Crippen LogP contribution is 2.19. The van der Waals surface area contributed by atoms with Gasteiger partial charge in [-0.3, -0.25) is 0 Å². The molecule has 0 unspecified atom stereocenters. The molecule has 0 saturated heterocycles. The van der Waals surface area contributed by atoms with E-state index in [2.05, 4.69) is 10.3 Å². The lowest BCUT2D eigenvalue weighted by Crippen LogP contribution is -1.98. The minimum absolute atomic E-state index is 0.253. The minimum atomic E-state index is 0.253. The quantitative estimate of drug-likeness (QED) is 0.703. The topological polar surface area (TPSA) is 58.3 Å². The summed E-state index contributed by atoms with van der Waals surface area (Å²) in [4.78, 5) is 4.41. The SMILES string of the molecule is Cc1ccc2nc(CNc3ccc(O)cc3)oc2c1. The van der Waals surface area contributed by atoms with Crippen LogP contribution in [0, 0.1) is 6.92 Å². The Kier molecular flexibility index (Phi) is 2.83. The highest BCUT2D eigenvalue weighted by atomic mass is 16.3. The van der Waals surface area contributed by atoms with Crippen molar-refractivity contribution in [3.05, 3.63) is 53.9 Å². The monoisotopic (exact) mass is 254 g/mol. The number of hydrogen-bond donors (Lipinski definition) is 2. The molecule has 0 fully saturated rings. The predicted octanol–water partition coefficient (Wildman–Crippen LogP) is 3.45. The van der Waals surface area contributed by atoms with Gasteiger partial charge in [0.05, 0.1) is 6.54 Å². The maximum Gasteiger partial charge on any atom is 0.214 e. The van der Waals surface area contributed by atoms with Crippen LogP contribution in [0.3, 0.4) is 0 Å². The van der Waals surface area contributed by atoms with E-state index in [-0.39, 0.29) is 5.75 Å². The molecule has 0 spiro atoms. The minimum Gasteiger partial charge on any atom is -0.508 e. The molecule has 0 radical (unpaired) electrons. The van der Waals surface area contributed by atoms with Gasteiger partial charge in [-0.1, -0.05) is 6.07 Å². The third-order valence-corrected chi connectivity index (χ3v) is 2.90. The molecule has 0 amide bonds. The Morgan fingerprint density at radius 3 is 2.74 bits per heavy atom. The van der Waals surface area contributed by atoms with Gasteiger partial charge in [0.25, 0.3) is 0 Å². The molecule has 0 bridgehead atoms. The summed E-state index contributed by atoms with van der Waals surface area (Å²) in [6, 6.07) is 12.8. The molecule has 0 saturated carbocycles. The van der Waals surface area contributed by atoms with E-state index in [4.69, 9.17) is 4.42 Å². The van der Waals surface area contributed by atoms with Crippen LogP contribution in [0.15, 0.2) is 46.9 Å². The van der Waals surface area contributed by atoms with Crippen LogP contribution >= 0.6 is 0 Å². The number of nitrogens with one attached hydrogen (secondary N) is 1. The summed E-state index contributed by atoms with van der Waals surface area (Å²) in [5, 5.41) is 12.4. The van der Waals surface area contributed by atoms with Crippen molar-refractivity contribution in [2.45, 2.75) is 13.5 Å². The molecular weight excluding hydrogens is 240 g/mol. The number of phenolic OH excluding ortho intramolecular Hbond substituents is 1. The van der Waals surface area contributed by atoms with Gasteiger partial charge in [-0.05, 0) is 48.9 Å². The van der Waals surface area contributed by atoms with Crippen LogP contribution in [-0.2, 0) is 6.54 Å². The smallest absolute Gasteiger partial charge is 0.214 e. The molecule has 3 aromatic rings. The first-order chi connectivity index (χ1) is 9.20. The summed E-state index contributed by atoms with van der Waals surface area (Å²) in [6.07, 6.45) is 0. The van der Waals surface area contributed by atoms with Gasteiger partial charge < -0.3 is 14.8 Å². The van der Waals surface area contributed by atoms with E-state index in [0.29, 0.717) is 12.4 Å². The lowest BCUT2D eigenvalue weighted by Gasteiger charge is -2.02. The van der Waals surface area contributed by atoms with Gasteiger partial charge in [0, 0.05) is 5.69 Å². The molecule has 0 aliphatic heterocycles. The Labute approximate surface area is 110 Å². The highest BCUT2D eigenvalue weighted by Gasteiger charge is 2.05. The molecule has 19 heavy (non-hydrogen) atoms. The standard InChI is InChI=1S/C15H14N2O2/c1-10-2-7-13-14(8-10)19-15(17-13)9-16-11-3-5-12(18)6-4-11/h2-8,16,18H,9H2,1H3. The molecule has 1 heterocycles. The summed E-state index contributed by atoms with van der Waals surface area (Å²) in [5.41, 5.74) is 3.74.